The molecule has 2 aliphatic rings. The van der Waals surface area contributed by atoms with Gasteiger partial charge >= 0.3 is 0 Å². The third-order valence-corrected chi connectivity index (χ3v) is 10.6. The molecule has 2 aliphatic carbocycles. The maximum atomic E-state index is 2.46. The van der Waals surface area contributed by atoms with Crippen LogP contribution in [0.15, 0.2) is 127 Å². The zero-order chi connectivity index (χ0) is 30.0. The van der Waals surface area contributed by atoms with Crippen LogP contribution in [-0.2, 0) is 0 Å². The Hall–Kier alpha value is -4.36. The van der Waals surface area contributed by atoms with Crippen LogP contribution in [-0.4, -0.2) is 0 Å². The molecule has 45 heavy (non-hydrogen) atoms. The highest BCUT2D eigenvalue weighted by Crippen LogP contribution is 2.40. The van der Waals surface area contributed by atoms with Crippen molar-refractivity contribution >= 4 is 38.6 Å². The number of hydrogen-bond acceptors (Lipinski definition) is 1. The number of hydrogen-bond donors (Lipinski definition) is 0. The summed E-state index contributed by atoms with van der Waals surface area (Å²) >= 11 is 0. The molecule has 0 atom stereocenters. The van der Waals surface area contributed by atoms with Crippen LogP contribution < -0.4 is 4.90 Å². The van der Waals surface area contributed by atoms with Gasteiger partial charge in [-0.1, -0.05) is 117 Å². The molecule has 0 spiro atoms. The van der Waals surface area contributed by atoms with Crippen LogP contribution in [0.4, 0.5) is 17.1 Å². The van der Waals surface area contributed by atoms with Crippen molar-refractivity contribution in [2.75, 3.05) is 4.90 Å². The Kier molecular flexibility index (Phi) is 7.85. The summed E-state index contributed by atoms with van der Waals surface area (Å²) in [4.78, 5) is 2.46. The van der Waals surface area contributed by atoms with Gasteiger partial charge in [-0.3, -0.25) is 0 Å². The van der Waals surface area contributed by atoms with Gasteiger partial charge in [-0.25, -0.2) is 0 Å². The van der Waals surface area contributed by atoms with E-state index in [0.717, 1.165) is 0 Å². The topological polar surface area (TPSA) is 3.24 Å². The van der Waals surface area contributed by atoms with Gasteiger partial charge in [0.2, 0.25) is 0 Å². The van der Waals surface area contributed by atoms with Crippen molar-refractivity contribution < 1.29 is 0 Å². The Morgan fingerprint density at radius 3 is 1.36 bits per heavy atom. The van der Waals surface area contributed by atoms with Gasteiger partial charge in [0.25, 0.3) is 0 Å². The first kappa shape index (κ1) is 28.1. The SMILES string of the molecule is c1ccc2cc(-c3ccc4ccc(N(c5ccc(C6CCCCC6)cc5)c5ccc(C6CCCCC6)cc5)cc4c3)ccc2c1. The number of benzene rings is 6. The highest BCUT2D eigenvalue weighted by atomic mass is 15.1. The van der Waals surface area contributed by atoms with E-state index in [9.17, 15) is 0 Å². The van der Waals surface area contributed by atoms with Crippen LogP contribution in [0, 0.1) is 0 Å². The molecule has 1 heteroatoms. The van der Waals surface area contributed by atoms with E-state index < -0.39 is 0 Å². The van der Waals surface area contributed by atoms with Crippen LogP contribution in [0.3, 0.4) is 0 Å². The first-order valence-corrected chi connectivity index (χ1v) is 17.3. The number of anilines is 3. The Labute approximate surface area is 268 Å². The molecule has 2 fully saturated rings. The monoisotopic (exact) mass is 585 g/mol. The number of nitrogens with zero attached hydrogens (tertiary/aromatic N) is 1. The molecule has 8 rings (SSSR count). The normalized spacial score (nSPS) is 16.3. The fourth-order valence-corrected chi connectivity index (χ4v) is 8.03. The van der Waals surface area contributed by atoms with Gasteiger partial charge in [0.05, 0.1) is 0 Å². The first-order valence-electron chi connectivity index (χ1n) is 17.3. The van der Waals surface area contributed by atoms with E-state index >= 15 is 0 Å². The van der Waals surface area contributed by atoms with Gasteiger partial charge in [-0.15, -0.1) is 0 Å². The predicted octanol–water partition coefficient (Wildman–Crippen LogP) is 13.2. The van der Waals surface area contributed by atoms with Crippen molar-refractivity contribution in [3.63, 3.8) is 0 Å². The Balaban J connectivity index is 1.18. The predicted molar refractivity (Wildman–Crippen MR) is 193 cm³/mol. The molecule has 0 aromatic heterocycles. The Bertz CT molecular complexity index is 1840. The van der Waals surface area contributed by atoms with E-state index in [4.69, 9.17) is 0 Å². The quantitative estimate of drug-likeness (QED) is 0.188. The van der Waals surface area contributed by atoms with Crippen molar-refractivity contribution in [1.29, 1.82) is 0 Å². The fraction of sp³-hybridized carbons (Fsp3) is 0.273. The summed E-state index contributed by atoms with van der Waals surface area (Å²) in [6.07, 6.45) is 13.6. The fourth-order valence-electron chi connectivity index (χ4n) is 8.03. The van der Waals surface area contributed by atoms with E-state index in [0.29, 0.717) is 11.8 Å². The van der Waals surface area contributed by atoms with Crippen LogP contribution in [0.1, 0.15) is 87.2 Å². The first-order chi connectivity index (χ1) is 22.3. The molecule has 0 bridgehead atoms. The van der Waals surface area contributed by atoms with Gasteiger partial charge in [0.15, 0.2) is 0 Å². The lowest BCUT2D eigenvalue weighted by molar-refractivity contribution is 0.443. The Morgan fingerprint density at radius 2 is 0.800 bits per heavy atom. The third kappa shape index (κ3) is 5.89. The summed E-state index contributed by atoms with van der Waals surface area (Å²) in [7, 11) is 0. The highest BCUT2D eigenvalue weighted by Gasteiger charge is 2.19. The van der Waals surface area contributed by atoms with E-state index in [-0.39, 0.29) is 0 Å². The average molecular weight is 586 g/mol. The molecular weight excluding hydrogens is 542 g/mol. The largest absolute Gasteiger partial charge is 0.310 e. The lowest BCUT2D eigenvalue weighted by atomic mass is 9.84. The minimum Gasteiger partial charge on any atom is -0.310 e. The molecule has 0 saturated heterocycles. The van der Waals surface area contributed by atoms with Gasteiger partial charge in [0.1, 0.15) is 0 Å². The zero-order valence-electron chi connectivity index (χ0n) is 26.3. The van der Waals surface area contributed by atoms with E-state index in [1.54, 1.807) is 0 Å². The molecule has 6 aromatic carbocycles. The van der Waals surface area contributed by atoms with E-state index in [1.807, 2.05) is 0 Å². The Morgan fingerprint density at radius 1 is 0.356 bits per heavy atom. The van der Waals surface area contributed by atoms with Gasteiger partial charge in [-0.2, -0.15) is 0 Å². The number of fused-ring (bicyclic) bond motifs is 2. The van der Waals surface area contributed by atoms with Crippen molar-refractivity contribution in [2.45, 2.75) is 76.0 Å². The van der Waals surface area contributed by atoms with Gasteiger partial charge in [0, 0.05) is 17.1 Å². The smallest absolute Gasteiger partial charge is 0.0468 e. The summed E-state index contributed by atoms with van der Waals surface area (Å²) in [6.45, 7) is 0. The summed E-state index contributed by atoms with van der Waals surface area (Å²) in [5, 5.41) is 5.09. The van der Waals surface area contributed by atoms with E-state index in [2.05, 4.69) is 132 Å². The third-order valence-electron chi connectivity index (χ3n) is 10.6. The molecule has 0 unspecified atom stereocenters. The van der Waals surface area contributed by atoms with Gasteiger partial charge < -0.3 is 4.90 Å². The molecule has 6 aromatic rings. The molecule has 2 saturated carbocycles. The van der Waals surface area contributed by atoms with Crippen molar-refractivity contribution in [3.8, 4) is 11.1 Å². The second-order valence-corrected chi connectivity index (χ2v) is 13.5. The van der Waals surface area contributed by atoms with Crippen molar-refractivity contribution in [3.05, 3.63) is 139 Å². The lowest BCUT2D eigenvalue weighted by Crippen LogP contribution is -2.11. The average Bonchev–Trinajstić information content (AvgIpc) is 3.12. The van der Waals surface area contributed by atoms with Crippen molar-refractivity contribution in [2.24, 2.45) is 0 Å². The molecule has 1 nitrogen and oxygen atoms in total. The summed E-state index contributed by atoms with van der Waals surface area (Å²) in [6, 6.07) is 48.3. The summed E-state index contributed by atoms with van der Waals surface area (Å²) < 4.78 is 0. The minimum atomic E-state index is 0.713. The van der Waals surface area contributed by atoms with Gasteiger partial charge in [-0.05, 0) is 130 Å². The van der Waals surface area contributed by atoms with Crippen LogP contribution >= 0.6 is 0 Å². The standard InChI is InChI=1S/C44H43N/c1-3-9-32(10-4-1)35-19-24-42(25-20-35)45(43-26-21-36(22-27-43)33-11-5-2-6-12-33)44-28-23-37-16-18-40(30-41(37)31-44)39-17-15-34-13-7-8-14-38(34)29-39/h7-8,13-33H,1-6,9-12H2. The molecule has 0 heterocycles. The second kappa shape index (κ2) is 12.6. The van der Waals surface area contributed by atoms with Crippen molar-refractivity contribution in [1.82, 2.24) is 0 Å². The molecular formula is C44H43N. The second-order valence-electron chi connectivity index (χ2n) is 13.5. The van der Waals surface area contributed by atoms with E-state index in [1.165, 1.54) is 125 Å². The summed E-state index contributed by atoms with van der Waals surface area (Å²) in [5.41, 5.74) is 9.18. The van der Waals surface area contributed by atoms with Crippen LogP contribution in [0.25, 0.3) is 32.7 Å². The molecule has 0 N–H and O–H groups in total. The lowest BCUT2D eigenvalue weighted by Gasteiger charge is -2.28. The molecule has 0 radical (unpaired) electrons. The highest BCUT2D eigenvalue weighted by molar-refractivity contribution is 5.94. The zero-order valence-corrected chi connectivity index (χ0v) is 26.3. The maximum Gasteiger partial charge on any atom is 0.0468 e. The molecule has 0 aliphatic heterocycles. The van der Waals surface area contributed by atoms with Crippen LogP contribution in [0.2, 0.25) is 0 Å². The number of rotatable bonds is 6. The molecule has 0 amide bonds. The minimum absolute atomic E-state index is 0.713. The summed E-state index contributed by atoms with van der Waals surface area (Å²) in [5.74, 6) is 1.43. The molecule has 224 valence electrons. The van der Waals surface area contributed by atoms with Crippen LogP contribution in [0.5, 0.6) is 0 Å². The maximum absolute atomic E-state index is 2.46.